The zero-order valence-electron chi connectivity index (χ0n) is 12.5. The highest BCUT2D eigenvalue weighted by atomic mass is 32.1. The van der Waals surface area contributed by atoms with Gasteiger partial charge in [0.25, 0.3) is 5.91 Å². The van der Waals surface area contributed by atoms with Gasteiger partial charge >= 0.3 is 6.18 Å². The van der Waals surface area contributed by atoms with Gasteiger partial charge in [-0.3, -0.25) is 4.79 Å². The van der Waals surface area contributed by atoms with Crippen molar-refractivity contribution in [3.05, 3.63) is 46.4 Å². The van der Waals surface area contributed by atoms with E-state index in [0.29, 0.717) is 5.69 Å². The Morgan fingerprint density at radius 2 is 2.09 bits per heavy atom. The largest absolute Gasteiger partial charge is 0.480 e. The zero-order chi connectivity index (χ0) is 17.0. The van der Waals surface area contributed by atoms with Crippen LogP contribution in [0.2, 0.25) is 0 Å². The number of likely N-dealkylation sites (N-methyl/N-ethyl adjacent to an activating group) is 1. The van der Waals surface area contributed by atoms with Gasteiger partial charge in [0.05, 0.1) is 23.3 Å². The topological polar surface area (TPSA) is 42.4 Å². The minimum absolute atomic E-state index is 0.275. The Morgan fingerprint density at radius 3 is 2.70 bits per heavy atom. The van der Waals surface area contributed by atoms with Gasteiger partial charge in [-0.2, -0.15) is 13.2 Å². The van der Waals surface area contributed by atoms with Gasteiger partial charge in [-0.25, -0.2) is 4.98 Å². The number of amides is 1. The molecular formula is C15H15F3N2O2S. The van der Waals surface area contributed by atoms with Crippen molar-refractivity contribution >= 4 is 17.2 Å². The third kappa shape index (κ3) is 4.44. The third-order valence-corrected chi connectivity index (χ3v) is 3.74. The van der Waals surface area contributed by atoms with E-state index in [9.17, 15) is 18.0 Å². The highest BCUT2D eigenvalue weighted by molar-refractivity contribution is 7.07. The van der Waals surface area contributed by atoms with Crippen molar-refractivity contribution in [3.8, 4) is 5.75 Å². The van der Waals surface area contributed by atoms with Crippen molar-refractivity contribution < 1.29 is 22.7 Å². The summed E-state index contributed by atoms with van der Waals surface area (Å²) in [5.41, 5.74) is 1.46. The number of thiazole rings is 1. The molecule has 0 N–H and O–H groups in total. The van der Waals surface area contributed by atoms with Crippen LogP contribution in [0.1, 0.15) is 18.2 Å². The Bertz CT molecular complexity index is 659. The number of nitrogens with zero attached hydrogens (tertiary/aromatic N) is 2. The van der Waals surface area contributed by atoms with Crippen LogP contribution in [0.15, 0.2) is 35.2 Å². The van der Waals surface area contributed by atoms with Crippen molar-refractivity contribution in [2.24, 2.45) is 0 Å². The molecule has 0 bridgehead atoms. The number of alkyl halides is 3. The van der Waals surface area contributed by atoms with Gasteiger partial charge in [-0.1, -0.05) is 12.1 Å². The Labute approximate surface area is 135 Å². The number of rotatable bonds is 5. The lowest BCUT2D eigenvalue weighted by Crippen LogP contribution is -2.37. The molecule has 23 heavy (non-hydrogen) atoms. The number of benzene rings is 1. The average molecular weight is 344 g/mol. The van der Waals surface area contributed by atoms with Gasteiger partial charge in [-0.05, 0) is 19.1 Å². The molecule has 0 unspecified atom stereocenters. The van der Waals surface area contributed by atoms with Crippen LogP contribution in [0, 0.1) is 0 Å². The summed E-state index contributed by atoms with van der Waals surface area (Å²) >= 11 is 1.40. The van der Waals surface area contributed by atoms with Crippen LogP contribution in [0.25, 0.3) is 0 Å². The van der Waals surface area contributed by atoms with Gasteiger partial charge in [0, 0.05) is 12.4 Å². The molecule has 2 aromatic rings. The van der Waals surface area contributed by atoms with Crippen LogP contribution in [0.4, 0.5) is 13.2 Å². The molecule has 0 saturated heterocycles. The number of hydrogen-bond acceptors (Lipinski definition) is 4. The predicted octanol–water partition coefficient (Wildman–Crippen LogP) is 3.59. The first-order chi connectivity index (χ1) is 10.8. The molecule has 1 aromatic carbocycles. The molecule has 1 heterocycles. The van der Waals surface area contributed by atoms with E-state index in [4.69, 9.17) is 4.74 Å². The highest BCUT2D eigenvalue weighted by Crippen LogP contribution is 2.36. The van der Waals surface area contributed by atoms with E-state index in [1.807, 2.05) is 0 Å². The minimum atomic E-state index is -4.54. The fourth-order valence-corrected chi connectivity index (χ4v) is 2.54. The maximum Gasteiger partial charge on any atom is 0.419 e. The fourth-order valence-electron chi connectivity index (χ4n) is 1.99. The number of hydrogen-bond donors (Lipinski definition) is 0. The van der Waals surface area contributed by atoms with Crippen molar-refractivity contribution in [2.45, 2.75) is 25.7 Å². The summed E-state index contributed by atoms with van der Waals surface area (Å²) in [6.07, 6.45) is -5.58. The number of carbonyl (C=O) groups is 1. The van der Waals surface area contributed by atoms with E-state index in [2.05, 4.69) is 4.98 Å². The second-order valence-electron chi connectivity index (χ2n) is 4.93. The maximum absolute atomic E-state index is 12.9. The van der Waals surface area contributed by atoms with E-state index in [1.54, 1.807) is 17.9 Å². The smallest absolute Gasteiger partial charge is 0.419 e. The van der Waals surface area contributed by atoms with Crippen molar-refractivity contribution in [3.63, 3.8) is 0 Å². The second-order valence-corrected chi connectivity index (χ2v) is 5.65. The Hall–Kier alpha value is -2.09. The van der Waals surface area contributed by atoms with Crippen LogP contribution in [0.5, 0.6) is 5.75 Å². The lowest BCUT2D eigenvalue weighted by molar-refractivity contribution is -0.143. The molecule has 0 fully saturated rings. The highest BCUT2D eigenvalue weighted by Gasteiger charge is 2.35. The summed E-state index contributed by atoms with van der Waals surface area (Å²) in [4.78, 5) is 17.7. The molecule has 0 aliphatic heterocycles. The molecule has 0 radical (unpaired) electrons. The maximum atomic E-state index is 12.9. The molecule has 2 rings (SSSR count). The molecule has 0 spiro atoms. The molecule has 0 aliphatic rings. The van der Waals surface area contributed by atoms with Crippen molar-refractivity contribution in [1.82, 2.24) is 9.88 Å². The lowest BCUT2D eigenvalue weighted by Gasteiger charge is -2.23. The van der Waals surface area contributed by atoms with Crippen LogP contribution < -0.4 is 4.74 Å². The molecule has 0 aliphatic carbocycles. The summed E-state index contributed by atoms with van der Waals surface area (Å²) < 4.78 is 44.0. The van der Waals surface area contributed by atoms with E-state index >= 15 is 0 Å². The van der Waals surface area contributed by atoms with Crippen molar-refractivity contribution in [2.75, 3.05) is 7.05 Å². The average Bonchev–Trinajstić information content (AvgIpc) is 2.98. The molecule has 1 amide bonds. The summed E-state index contributed by atoms with van der Waals surface area (Å²) in [6, 6.07) is 4.83. The van der Waals surface area contributed by atoms with Crippen LogP contribution in [-0.2, 0) is 17.5 Å². The van der Waals surface area contributed by atoms with E-state index in [0.717, 1.165) is 6.07 Å². The van der Waals surface area contributed by atoms with Crippen LogP contribution in [0.3, 0.4) is 0 Å². The molecule has 4 nitrogen and oxygen atoms in total. The quantitative estimate of drug-likeness (QED) is 0.832. The van der Waals surface area contributed by atoms with Gasteiger partial charge in [-0.15, -0.1) is 11.3 Å². The van der Waals surface area contributed by atoms with Gasteiger partial charge in [0.1, 0.15) is 5.75 Å². The third-order valence-electron chi connectivity index (χ3n) is 3.10. The van der Waals surface area contributed by atoms with Crippen molar-refractivity contribution in [1.29, 1.82) is 0 Å². The van der Waals surface area contributed by atoms with E-state index in [-0.39, 0.29) is 12.3 Å². The van der Waals surface area contributed by atoms with Gasteiger partial charge < -0.3 is 9.64 Å². The minimum Gasteiger partial charge on any atom is -0.480 e. The monoisotopic (exact) mass is 344 g/mol. The van der Waals surface area contributed by atoms with Gasteiger partial charge in [0.2, 0.25) is 0 Å². The number of halogens is 3. The number of carbonyl (C=O) groups excluding carboxylic acids is 1. The van der Waals surface area contributed by atoms with Crippen LogP contribution in [-0.4, -0.2) is 28.9 Å². The number of ether oxygens (including phenoxy) is 1. The zero-order valence-corrected chi connectivity index (χ0v) is 13.3. The normalized spacial score (nSPS) is 12.7. The Kier molecular flexibility index (Phi) is 5.25. The number of para-hydroxylation sites is 1. The first-order valence-corrected chi connectivity index (χ1v) is 7.68. The Balaban J connectivity index is 2.07. The first kappa shape index (κ1) is 17.3. The molecule has 124 valence electrons. The lowest BCUT2D eigenvalue weighted by atomic mass is 10.2. The fraction of sp³-hybridized carbons (Fsp3) is 0.333. The molecule has 8 heteroatoms. The Morgan fingerprint density at radius 1 is 1.39 bits per heavy atom. The molecule has 1 aromatic heterocycles. The summed E-state index contributed by atoms with van der Waals surface area (Å²) in [5.74, 6) is -0.780. The summed E-state index contributed by atoms with van der Waals surface area (Å²) in [6.45, 7) is 1.70. The predicted molar refractivity (Wildman–Crippen MR) is 80.1 cm³/mol. The van der Waals surface area contributed by atoms with E-state index < -0.39 is 23.8 Å². The summed E-state index contributed by atoms with van der Waals surface area (Å²) in [5, 5.41) is 1.80. The number of aromatic nitrogens is 1. The van der Waals surface area contributed by atoms with E-state index in [1.165, 1.54) is 41.4 Å². The van der Waals surface area contributed by atoms with Gasteiger partial charge in [0.15, 0.2) is 6.10 Å². The van der Waals surface area contributed by atoms with Crippen LogP contribution >= 0.6 is 11.3 Å². The summed E-state index contributed by atoms with van der Waals surface area (Å²) in [7, 11) is 1.55. The SMILES string of the molecule is C[C@@H](Oc1ccccc1C(F)(F)F)C(=O)N(C)Cc1cscn1. The molecular weight excluding hydrogens is 329 g/mol. The standard InChI is InChI=1S/C15H15F3N2O2S/c1-10(14(21)20(2)7-11-8-23-9-19-11)22-13-6-4-3-5-12(13)15(16,17)18/h3-6,8-10H,7H2,1-2H3/t10-/m1/s1. The second kappa shape index (κ2) is 6.99. The first-order valence-electron chi connectivity index (χ1n) is 6.74. The molecule has 0 saturated carbocycles. The molecule has 1 atom stereocenters.